The first-order chi connectivity index (χ1) is 4.72. The molecule has 0 aliphatic heterocycles. The number of carbonyl (C=O) groups excluding carboxylic acids is 1. The molecule has 1 amide bonds. The molecular weight excluding hydrogens is 146 g/mol. The molecule has 0 radical (unpaired) electrons. The van der Waals surface area contributed by atoms with Crippen LogP contribution >= 0.6 is 11.8 Å². The van der Waals surface area contributed by atoms with E-state index in [2.05, 4.69) is 6.58 Å². The Hall–Kier alpha value is -0.440. The number of likely N-dealkylation sites (N-methyl/N-ethyl adjacent to an activating group) is 1. The molecule has 0 aliphatic carbocycles. The first-order valence-corrected chi connectivity index (χ1v) is 4.45. The van der Waals surface area contributed by atoms with E-state index in [0.29, 0.717) is 12.3 Å². The smallest absolute Gasteiger partial charge is 0.232 e. The van der Waals surface area contributed by atoms with Crippen molar-refractivity contribution in [3.8, 4) is 0 Å². The lowest BCUT2D eigenvalue weighted by Gasteiger charge is -2.13. The first kappa shape index (κ1) is 9.56. The van der Waals surface area contributed by atoms with Gasteiger partial charge >= 0.3 is 0 Å². The third kappa shape index (κ3) is 3.56. The Morgan fingerprint density at radius 2 is 2.40 bits per heavy atom. The van der Waals surface area contributed by atoms with Crippen LogP contribution in [0.3, 0.4) is 0 Å². The van der Waals surface area contributed by atoms with Crippen molar-refractivity contribution >= 4 is 17.7 Å². The molecule has 0 fully saturated rings. The normalized spacial score (nSPS) is 9.00. The summed E-state index contributed by atoms with van der Waals surface area (Å²) in [5.41, 5.74) is 0. The summed E-state index contributed by atoms with van der Waals surface area (Å²) in [6, 6.07) is 0. The Bertz CT molecular complexity index is 125. The molecule has 0 saturated carbocycles. The summed E-state index contributed by atoms with van der Waals surface area (Å²) in [7, 11) is 1.78. The molecule has 58 valence electrons. The maximum atomic E-state index is 11.0. The van der Waals surface area contributed by atoms with Crippen LogP contribution < -0.4 is 0 Å². The molecule has 2 nitrogen and oxygen atoms in total. The van der Waals surface area contributed by atoms with E-state index >= 15 is 0 Å². The number of hydrogen-bond acceptors (Lipinski definition) is 2. The van der Waals surface area contributed by atoms with Crippen LogP contribution in [-0.2, 0) is 4.79 Å². The molecule has 0 rings (SSSR count). The molecule has 0 unspecified atom stereocenters. The molecule has 0 bridgehead atoms. The second-order valence-electron chi connectivity index (χ2n) is 2.00. The Morgan fingerprint density at radius 3 is 2.80 bits per heavy atom. The summed E-state index contributed by atoms with van der Waals surface area (Å²) < 4.78 is 0. The zero-order valence-corrected chi connectivity index (χ0v) is 7.28. The lowest BCUT2D eigenvalue weighted by atomic mass is 10.5. The zero-order chi connectivity index (χ0) is 7.98. The van der Waals surface area contributed by atoms with Crippen molar-refractivity contribution in [2.75, 3.05) is 25.6 Å². The van der Waals surface area contributed by atoms with E-state index in [-0.39, 0.29) is 5.91 Å². The lowest BCUT2D eigenvalue weighted by molar-refractivity contribution is -0.126. The second-order valence-corrected chi connectivity index (χ2v) is 2.86. The molecular formula is C7H13NOS. The summed E-state index contributed by atoms with van der Waals surface area (Å²) in [5, 5.41) is 0. The molecule has 0 aromatic rings. The maximum Gasteiger partial charge on any atom is 0.232 e. The van der Waals surface area contributed by atoms with Gasteiger partial charge in [-0.25, -0.2) is 0 Å². The van der Waals surface area contributed by atoms with Gasteiger partial charge in [0, 0.05) is 13.6 Å². The molecule has 0 spiro atoms. The molecule has 0 aliphatic rings. The van der Waals surface area contributed by atoms with E-state index in [1.165, 1.54) is 11.8 Å². The fraction of sp³-hybridized carbons (Fsp3) is 0.571. The molecule has 0 aromatic heterocycles. The highest BCUT2D eigenvalue weighted by Crippen LogP contribution is 1.94. The summed E-state index contributed by atoms with van der Waals surface area (Å²) in [5.74, 6) is 0.719. The van der Waals surface area contributed by atoms with Crippen LogP contribution in [0.1, 0.15) is 0 Å². The van der Waals surface area contributed by atoms with Crippen molar-refractivity contribution in [2.45, 2.75) is 0 Å². The molecule has 0 heterocycles. The first-order valence-electron chi connectivity index (χ1n) is 3.06. The average molecular weight is 159 g/mol. The predicted molar refractivity (Wildman–Crippen MR) is 46.2 cm³/mol. The van der Waals surface area contributed by atoms with Gasteiger partial charge in [0.25, 0.3) is 0 Å². The predicted octanol–water partition coefficient (Wildman–Crippen LogP) is 0.994. The van der Waals surface area contributed by atoms with Gasteiger partial charge in [0.05, 0.1) is 5.75 Å². The van der Waals surface area contributed by atoms with E-state index in [0.717, 1.165) is 0 Å². The quantitative estimate of drug-likeness (QED) is 0.570. The van der Waals surface area contributed by atoms with Gasteiger partial charge < -0.3 is 4.90 Å². The van der Waals surface area contributed by atoms with Gasteiger partial charge in [0.15, 0.2) is 0 Å². The van der Waals surface area contributed by atoms with E-state index in [9.17, 15) is 4.79 Å². The number of rotatable bonds is 4. The van der Waals surface area contributed by atoms with Crippen molar-refractivity contribution in [1.29, 1.82) is 0 Å². The van der Waals surface area contributed by atoms with E-state index in [1.807, 2.05) is 6.26 Å². The second kappa shape index (κ2) is 5.35. The van der Waals surface area contributed by atoms with Gasteiger partial charge in [-0.2, -0.15) is 11.8 Å². The standard InChI is InChI=1S/C7H13NOS/c1-4-5-8(2)7(9)6-10-3/h4H,1,5-6H2,2-3H3. The summed E-state index contributed by atoms with van der Waals surface area (Å²) >= 11 is 1.54. The van der Waals surface area contributed by atoms with Crippen LogP contribution in [0.4, 0.5) is 0 Å². The Labute approximate surface area is 66.3 Å². The van der Waals surface area contributed by atoms with Crippen molar-refractivity contribution in [1.82, 2.24) is 4.90 Å². The fourth-order valence-electron chi connectivity index (χ4n) is 0.529. The number of thioether (sulfide) groups is 1. The lowest BCUT2D eigenvalue weighted by Crippen LogP contribution is -2.28. The third-order valence-electron chi connectivity index (χ3n) is 1.10. The molecule has 0 aromatic carbocycles. The van der Waals surface area contributed by atoms with Gasteiger partial charge in [-0.15, -0.1) is 6.58 Å². The van der Waals surface area contributed by atoms with Crippen LogP contribution in [0.15, 0.2) is 12.7 Å². The molecule has 0 atom stereocenters. The Morgan fingerprint density at radius 1 is 1.80 bits per heavy atom. The van der Waals surface area contributed by atoms with Crippen LogP contribution in [0.2, 0.25) is 0 Å². The van der Waals surface area contributed by atoms with Crippen molar-refractivity contribution in [2.24, 2.45) is 0 Å². The SMILES string of the molecule is C=CCN(C)C(=O)CSC. The van der Waals surface area contributed by atoms with Crippen LogP contribution in [0.5, 0.6) is 0 Å². The minimum Gasteiger partial charge on any atom is -0.341 e. The van der Waals surface area contributed by atoms with Gasteiger partial charge in [0.1, 0.15) is 0 Å². The van der Waals surface area contributed by atoms with Crippen LogP contribution in [0.25, 0.3) is 0 Å². The highest BCUT2D eigenvalue weighted by Gasteiger charge is 2.03. The van der Waals surface area contributed by atoms with E-state index in [4.69, 9.17) is 0 Å². The fourth-order valence-corrected chi connectivity index (χ4v) is 0.996. The van der Waals surface area contributed by atoms with Crippen molar-refractivity contribution < 1.29 is 4.79 Å². The molecule has 0 N–H and O–H groups in total. The molecule has 0 saturated heterocycles. The number of amides is 1. The van der Waals surface area contributed by atoms with Gasteiger partial charge in [-0.05, 0) is 6.26 Å². The Kier molecular flexibility index (Phi) is 5.12. The summed E-state index contributed by atoms with van der Waals surface area (Å²) in [6.07, 6.45) is 3.64. The number of nitrogens with zero attached hydrogens (tertiary/aromatic N) is 1. The number of hydrogen-bond donors (Lipinski definition) is 0. The van der Waals surface area contributed by atoms with Gasteiger partial charge in [-0.1, -0.05) is 6.08 Å². The van der Waals surface area contributed by atoms with Crippen LogP contribution in [-0.4, -0.2) is 36.4 Å². The highest BCUT2D eigenvalue weighted by atomic mass is 32.2. The average Bonchev–Trinajstić information content (AvgIpc) is 1.89. The summed E-state index contributed by atoms with van der Waals surface area (Å²) in [4.78, 5) is 12.6. The maximum absolute atomic E-state index is 11.0. The number of carbonyl (C=O) groups is 1. The topological polar surface area (TPSA) is 20.3 Å². The summed E-state index contributed by atoms with van der Waals surface area (Å²) in [6.45, 7) is 4.18. The van der Waals surface area contributed by atoms with E-state index in [1.54, 1.807) is 18.0 Å². The Balaban J connectivity index is 3.58. The van der Waals surface area contributed by atoms with E-state index < -0.39 is 0 Å². The van der Waals surface area contributed by atoms with Crippen molar-refractivity contribution in [3.05, 3.63) is 12.7 Å². The van der Waals surface area contributed by atoms with Crippen LogP contribution in [0, 0.1) is 0 Å². The van der Waals surface area contributed by atoms with Gasteiger partial charge in [-0.3, -0.25) is 4.79 Å². The minimum atomic E-state index is 0.160. The third-order valence-corrected chi connectivity index (χ3v) is 1.63. The molecule has 10 heavy (non-hydrogen) atoms. The monoisotopic (exact) mass is 159 g/mol. The van der Waals surface area contributed by atoms with Crippen molar-refractivity contribution in [3.63, 3.8) is 0 Å². The largest absolute Gasteiger partial charge is 0.341 e. The van der Waals surface area contributed by atoms with Gasteiger partial charge in [0.2, 0.25) is 5.91 Å². The minimum absolute atomic E-state index is 0.160. The molecule has 3 heteroatoms. The highest BCUT2D eigenvalue weighted by molar-refractivity contribution is 7.99. The zero-order valence-electron chi connectivity index (χ0n) is 6.46.